The molecule has 0 saturated carbocycles. The minimum Gasteiger partial charge on any atom is -0.340 e. The topological polar surface area (TPSA) is 35.6 Å². The highest BCUT2D eigenvalue weighted by Crippen LogP contribution is 2.25. The van der Waals surface area contributed by atoms with Crippen molar-refractivity contribution >= 4 is 26.8 Å². The number of benzene rings is 1. The lowest BCUT2D eigenvalue weighted by Gasteiger charge is -2.06. The molecule has 3 aromatic rings. The van der Waals surface area contributed by atoms with Crippen LogP contribution in [0.25, 0.3) is 10.9 Å². The number of hydrogen-bond donors (Lipinski definition) is 0. The van der Waals surface area contributed by atoms with Crippen molar-refractivity contribution in [3.05, 3.63) is 47.1 Å². The van der Waals surface area contributed by atoms with Crippen LogP contribution in [0.15, 0.2) is 41.3 Å². The van der Waals surface area contributed by atoms with Gasteiger partial charge in [0.2, 0.25) is 0 Å². The maximum absolute atomic E-state index is 4.31. The van der Waals surface area contributed by atoms with Gasteiger partial charge in [0, 0.05) is 28.1 Å². The first-order valence-corrected chi connectivity index (χ1v) is 6.69. The summed E-state index contributed by atoms with van der Waals surface area (Å²) in [4.78, 5) is 4.31. The first kappa shape index (κ1) is 11.5. The molecule has 0 N–H and O–H groups in total. The Morgan fingerprint density at radius 3 is 3.00 bits per heavy atom. The zero-order chi connectivity index (χ0) is 12.5. The van der Waals surface area contributed by atoms with Gasteiger partial charge in [-0.15, -0.1) is 0 Å². The maximum Gasteiger partial charge on any atom is 0.146 e. The lowest BCUT2D eigenvalue weighted by molar-refractivity contribution is 0.597. The van der Waals surface area contributed by atoms with Gasteiger partial charge in [0.1, 0.15) is 12.2 Å². The van der Waals surface area contributed by atoms with Gasteiger partial charge in [0.05, 0.1) is 6.54 Å². The summed E-state index contributed by atoms with van der Waals surface area (Å²) in [5.74, 6) is 0.981. The molecule has 0 unspecified atom stereocenters. The second-order valence-electron chi connectivity index (χ2n) is 4.11. The highest BCUT2D eigenvalue weighted by molar-refractivity contribution is 9.10. The van der Waals surface area contributed by atoms with Crippen molar-refractivity contribution in [1.29, 1.82) is 0 Å². The second kappa shape index (κ2) is 4.57. The quantitative estimate of drug-likeness (QED) is 0.745. The van der Waals surface area contributed by atoms with Crippen molar-refractivity contribution in [3.63, 3.8) is 0 Å². The minimum atomic E-state index is 0.744. The third-order valence-corrected chi connectivity index (χ3v) is 3.76. The fourth-order valence-corrected chi connectivity index (χ4v) is 2.64. The molecule has 4 nitrogen and oxygen atoms in total. The molecule has 18 heavy (non-hydrogen) atoms. The fraction of sp³-hybridized carbons (Fsp3) is 0.231. The molecule has 0 bridgehead atoms. The van der Waals surface area contributed by atoms with Crippen LogP contribution in [-0.2, 0) is 13.1 Å². The summed E-state index contributed by atoms with van der Waals surface area (Å²) in [7, 11) is 0. The Labute approximate surface area is 113 Å². The van der Waals surface area contributed by atoms with Gasteiger partial charge in [0.15, 0.2) is 0 Å². The van der Waals surface area contributed by atoms with Crippen LogP contribution in [0.1, 0.15) is 12.7 Å². The summed E-state index contributed by atoms with van der Waals surface area (Å²) < 4.78 is 5.23. The van der Waals surface area contributed by atoms with E-state index in [4.69, 9.17) is 0 Å². The van der Waals surface area contributed by atoms with Crippen LogP contribution in [0.4, 0.5) is 0 Å². The van der Waals surface area contributed by atoms with Crippen LogP contribution in [0, 0.1) is 0 Å². The Hall–Kier alpha value is -1.62. The molecular formula is C13H13BrN4. The van der Waals surface area contributed by atoms with Gasteiger partial charge < -0.3 is 4.57 Å². The lowest BCUT2D eigenvalue weighted by Crippen LogP contribution is -2.08. The van der Waals surface area contributed by atoms with Crippen LogP contribution in [0.3, 0.4) is 0 Å². The van der Waals surface area contributed by atoms with Crippen LogP contribution in [-0.4, -0.2) is 19.3 Å². The van der Waals surface area contributed by atoms with E-state index in [0.29, 0.717) is 0 Å². The van der Waals surface area contributed by atoms with E-state index in [1.165, 1.54) is 10.9 Å². The van der Waals surface area contributed by atoms with E-state index < -0.39 is 0 Å². The number of rotatable bonds is 3. The van der Waals surface area contributed by atoms with Gasteiger partial charge in [-0.1, -0.05) is 22.0 Å². The Morgan fingerprint density at radius 1 is 1.28 bits per heavy atom. The molecule has 2 aromatic heterocycles. The number of halogens is 1. The van der Waals surface area contributed by atoms with E-state index in [9.17, 15) is 0 Å². The molecule has 0 aliphatic rings. The minimum absolute atomic E-state index is 0.744. The van der Waals surface area contributed by atoms with E-state index in [2.05, 4.69) is 61.9 Å². The average Bonchev–Trinajstić information content (AvgIpc) is 2.98. The highest BCUT2D eigenvalue weighted by atomic mass is 79.9. The SMILES string of the molecule is CCn1ncnc1Cn1ccc2c(Br)cccc21. The lowest BCUT2D eigenvalue weighted by atomic mass is 10.2. The molecule has 0 fully saturated rings. The van der Waals surface area contributed by atoms with Crippen LogP contribution in [0.2, 0.25) is 0 Å². The van der Waals surface area contributed by atoms with E-state index in [-0.39, 0.29) is 0 Å². The van der Waals surface area contributed by atoms with Crippen molar-refractivity contribution < 1.29 is 0 Å². The van der Waals surface area contributed by atoms with E-state index in [0.717, 1.165) is 23.4 Å². The summed E-state index contributed by atoms with van der Waals surface area (Å²) in [5.41, 5.74) is 1.20. The van der Waals surface area contributed by atoms with Crippen molar-refractivity contribution in [2.45, 2.75) is 20.0 Å². The molecular weight excluding hydrogens is 292 g/mol. The standard InChI is InChI=1S/C13H13BrN4/c1-2-18-13(15-9-16-18)8-17-7-6-10-11(14)4-3-5-12(10)17/h3-7,9H,2,8H2,1H3. The maximum atomic E-state index is 4.31. The van der Waals surface area contributed by atoms with Crippen molar-refractivity contribution in [2.75, 3.05) is 0 Å². The summed E-state index contributed by atoms with van der Waals surface area (Å²) >= 11 is 3.57. The number of fused-ring (bicyclic) bond motifs is 1. The predicted octanol–water partition coefficient (Wildman–Crippen LogP) is 3.06. The summed E-state index contributed by atoms with van der Waals surface area (Å²) in [5, 5.41) is 5.42. The Kier molecular flexibility index (Phi) is 2.91. The van der Waals surface area contributed by atoms with Crippen molar-refractivity contribution in [1.82, 2.24) is 19.3 Å². The summed E-state index contributed by atoms with van der Waals surface area (Å²) in [6.07, 6.45) is 3.70. The molecule has 1 aromatic carbocycles. The van der Waals surface area contributed by atoms with Gasteiger partial charge in [-0.05, 0) is 25.1 Å². The summed E-state index contributed by atoms with van der Waals surface area (Å²) in [6.45, 7) is 3.66. The van der Waals surface area contributed by atoms with Gasteiger partial charge >= 0.3 is 0 Å². The van der Waals surface area contributed by atoms with E-state index >= 15 is 0 Å². The van der Waals surface area contributed by atoms with Gasteiger partial charge in [-0.25, -0.2) is 9.67 Å². The Bertz CT molecular complexity index is 683. The number of nitrogens with zero attached hydrogens (tertiary/aromatic N) is 4. The van der Waals surface area contributed by atoms with Crippen LogP contribution in [0.5, 0.6) is 0 Å². The van der Waals surface area contributed by atoms with E-state index in [1.54, 1.807) is 6.33 Å². The molecule has 0 saturated heterocycles. The number of hydrogen-bond acceptors (Lipinski definition) is 2. The van der Waals surface area contributed by atoms with Crippen molar-refractivity contribution in [3.8, 4) is 0 Å². The molecule has 2 heterocycles. The van der Waals surface area contributed by atoms with E-state index in [1.807, 2.05) is 10.7 Å². The van der Waals surface area contributed by atoms with Gasteiger partial charge in [-0.3, -0.25) is 0 Å². The zero-order valence-corrected chi connectivity index (χ0v) is 11.6. The van der Waals surface area contributed by atoms with Crippen molar-refractivity contribution in [2.24, 2.45) is 0 Å². The third kappa shape index (κ3) is 1.84. The zero-order valence-electron chi connectivity index (χ0n) is 10.0. The average molecular weight is 305 g/mol. The predicted molar refractivity (Wildman–Crippen MR) is 74.4 cm³/mol. The highest BCUT2D eigenvalue weighted by Gasteiger charge is 2.07. The molecule has 0 atom stereocenters. The normalized spacial score (nSPS) is 11.2. The van der Waals surface area contributed by atoms with Crippen LogP contribution < -0.4 is 0 Å². The third-order valence-electron chi connectivity index (χ3n) is 3.07. The fourth-order valence-electron chi connectivity index (χ4n) is 2.15. The molecule has 3 rings (SSSR count). The molecule has 0 spiro atoms. The molecule has 92 valence electrons. The van der Waals surface area contributed by atoms with Gasteiger partial charge in [0.25, 0.3) is 0 Å². The Balaban J connectivity index is 2.03. The van der Waals surface area contributed by atoms with Gasteiger partial charge in [-0.2, -0.15) is 5.10 Å². The molecule has 0 radical (unpaired) electrons. The van der Waals surface area contributed by atoms with Crippen LogP contribution >= 0.6 is 15.9 Å². The largest absolute Gasteiger partial charge is 0.340 e. The first-order chi connectivity index (χ1) is 8.79. The second-order valence-corrected chi connectivity index (χ2v) is 4.96. The molecule has 5 heteroatoms. The molecule has 0 amide bonds. The first-order valence-electron chi connectivity index (χ1n) is 5.89. The molecule has 0 aliphatic heterocycles. The number of aryl methyl sites for hydroxylation is 1. The number of aromatic nitrogens is 4. The molecule has 0 aliphatic carbocycles. The Morgan fingerprint density at radius 2 is 2.17 bits per heavy atom. The summed E-state index contributed by atoms with van der Waals surface area (Å²) in [6, 6.07) is 8.34. The smallest absolute Gasteiger partial charge is 0.146 e. The monoisotopic (exact) mass is 304 g/mol.